The number of aromatic nitrogens is 4. The molecule has 1 aliphatic rings. The molecule has 4 rings (SSSR count). The number of hydrogen-bond donors (Lipinski definition) is 1. The third-order valence-corrected chi connectivity index (χ3v) is 4.33. The van der Waals surface area contributed by atoms with Crippen LogP contribution in [0.25, 0.3) is 11.4 Å². The van der Waals surface area contributed by atoms with Crippen LogP contribution >= 0.6 is 0 Å². The van der Waals surface area contributed by atoms with Crippen LogP contribution in [0.4, 0.5) is 0 Å². The minimum Gasteiger partial charge on any atom is -0.350 e. The van der Waals surface area contributed by atoms with Crippen LogP contribution in [0.2, 0.25) is 0 Å². The predicted octanol–water partition coefficient (Wildman–Crippen LogP) is 1.76. The molecule has 1 saturated carbocycles. The number of nitrogens with zero attached hydrogens (tertiary/aromatic N) is 4. The van der Waals surface area contributed by atoms with Gasteiger partial charge in [0.25, 0.3) is 0 Å². The molecule has 0 saturated heterocycles. The molecule has 0 radical (unpaired) electrons. The van der Waals surface area contributed by atoms with Gasteiger partial charge in [0.15, 0.2) is 5.82 Å². The maximum absolute atomic E-state index is 12.7. The zero-order valence-electron chi connectivity index (χ0n) is 14.2. The van der Waals surface area contributed by atoms with Crippen LogP contribution in [0.5, 0.6) is 0 Å². The molecular weight excluding hydrogens is 330 g/mol. The molecule has 0 bridgehead atoms. The summed E-state index contributed by atoms with van der Waals surface area (Å²) in [6.45, 7) is 0.325. The standard InChI is InChI=1S/C19H19N5O2/c25-17(21-11-14-5-2-1-3-6-14)13-23-19(26)24(16-8-9-16)18(22-23)15-7-4-10-20-12-15/h1-7,10,12,16H,8-9,11,13H2,(H,21,25). The molecule has 1 aliphatic carbocycles. The van der Waals surface area contributed by atoms with Crippen LogP contribution in [0.1, 0.15) is 24.4 Å². The minimum absolute atomic E-state index is 0.0986. The van der Waals surface area contributed by atoms with Crippen LogP contribution in [-0.4, -0.2) is 25.2 Å². The number of nitrogens with one attached hydrogen (secondary N) is 1. The zero-order chi connectivity index (χ0) is 17.9. The highest BCUT2D eigenvalue weighted by Crippen LogP contribution is 2.36. The first kappa shape index (κ1) is 16.3. The van der Waals surface area contributed by atoms with E-state index in [1.54, 1.807) is 17.0 Å². The summed E-state index contributed by atoms with van der Waals surface area (Å²) in [5, 5.41) is 7.23. The zero-order valence-corrected chi connectivity index (χ0v) is 14.2. The van der Waals surface area contributed by atoms with E-state index in [1.807, 2.05) is 42.5 Å². The van der Waals surface area contributed by atoms with Crippen molar-refractivity contribution in [3.63, 3.8) is 0 Å². The predicted molar refractivity (Wildman–Crippen MR) is 96.3 cm³/mol. The third kappa shape index (κ3) is 3.42. The first-order chi connectivity index (χ1) is 12.7. The fraction of sp³-hybridized carbons (Fsp3) is 0.263. The third-order valence-electron chi connectivity index (χ3n) is 4.33. The molecule has 0 aliphatic heterocycles. The van der Waals surface area contributed by atoms with Crippen molar-refractivity contribution in [1.29, 1.82) is 0 Å². The molecule has 0 spiro atoms. The molecule has 132 valence electrons. The SMILES string of the molecule is O=C(Cn1nc(-c2cccnc2)n(C2CC2)c1=O)NCc1ccccc1. The fourth-order valence-corrected chi connectivity index (χ4v) is 2.87. The van der Waals surface area contributed by atoms with Crippen LogP contribution in [0, 0.1) is 0 Å². The summed E-state index contributed by atoms with van der Waals surface area (Å²) >= 11 is 0. The largest absolute Gasteiger partial charge is 0.350 e. The van der Waals surface area contributed by atoms with E-state index >= 15 is 0 Å². The first-order valence-electron chi connectivity index (χ1n) is 8.63. The topological polar surface area (TPSA) is 81.8 Å². The number of carbonyl (C=O) groups excluding carboxylic acids is 1. The highest BCUT2D eigenvalue weighted by Gasteiger charge is 2.30. The van der Waals surface area contributed by atoms with Gasteiger partial charge in [-0.3, -0.25) is 14.3 Å². The quantitative estimate of drug-likeness (QED) is 0.735. The van der Waals surface area contributed by atoms with Crippen LogP contribution in [0.15, 0.2) is 59.7 Å². The molecule has 0 unspecified atom stereocenters. The average Bonchev–Trinajstić information content (AvgIpc) is 3.46. The Morgan fingerprint density at radius 2 is 1.96 bits per heavy atom. The summed E-state index contributed by atoms with van der Waals surface area (Å²) in [5.74, 6) is 0.329. The lowest BCUT2D eigenvalue weighted by Crippen LogP contribution is -2.33. The molecule has 7 heteroatoms. The molecule has 7 nitrogen and oxygen atoms in total. The van der Waals surface area contributed by atoms with E-state index < -0.39 is 0 Å². The second kappa shape index (κ2) is 6.95. The van der Waals surface area contributed by atoms with E-state index in [0.717, 1.165) is 24.0 Å². The smallest absolute Gasteiger partial charge is 0.346 e. The monoisotopic (exact) mass is 349 g/mol. The summed E-state index contributed by atoms with van der Waals surface area (Å²) in [6.07, 6.45) is 5.27. The molecule has 1 N–H and O–H groups in total. The van der Waals surface area contributed by atoms with Gasteiger partial charge in [-0.15, -0.1) is 5.10 Å². The molecule has 1 fully saturated rings. The number of benzene rings is 1. The Labute approximate surface area is 150 Å². The van der Waals surface area contributed by atoms with Gasteiger partial charge in [0.2, 0.25) is 5.91 Å². The summed E-state index contributed by atoms with van der Waals surface area (Å²) < 4.78 is 2.92. The van der Waals surface area contributed by atoms with E-state index in [-0.39, 0.29) is 24.2 Å². The van der Waals surface area contributed by atoms with E-state index in [9.17, 15) is 9.59 Å². The summed E-state index contributed by atoms with van der Waals surface area (Å²) in [4.78, 5) is 29.1. The second-order valence-electron chi connectivity index (χ2n) is 6.37. The van der Waals surface area contributed by atoms with Crippen molar-refractivity contribution in [2.75, 3.05) is 0 Å². The lowest BCUT2D eigenvalue weighted by Gasteiger charge is -2.04. The molecule has 0 atom stereocenters. The first-order valence-corrected chi connectivity index (χ1v) is 8.63. The van der Waals surface area contributed by atoms with Crippen LogP contribution in [-0.2, 0) is 17.9 Å². The lowest BCUT2D eigenvalue weighted by molar-refractivity contribution is -0.122. The van der Waals surface area contributed by atoms with Crippen molar-refractivity contribution in [3.8, 4) is 11.4 Å². The van der Waals surface area contributed by atoms with E-state index in [2.05, 4.69) is 15.4 Å². The molecule has 1 aromatic carbocycles. The minimum atomic E-state index is -0.249. The summed E-state index contributed by atoms with van der Waals surface area (Å²) in [5.41, 5.74) is 1.54. The van der Waals surface area contributed by atoms with Gasteiger partial charge < -0.3 is 5.32 Å². The van der Waals surface area contributed by atoms with Crippen molar-refractivity contribution in [2.45, 2.75) is 32.0 Å². The maximum atomic E-state index is 12.7. The Hall–Kier alpha value is -3.22. The molecule has 2 aromatic heterocycles. The Morgan fingerprint density at radius 3 is 2.65 bits per heavy atom. The highest BCUT2D eigenvalue weighted by atomic mass is 16.2. The lowest BCUT2D eigenvalue weighted by atomic mass is 10.2. The van der Waals surface area contributed by atoms with Crippen LogP contribution in [0.3, 0.4) is 0 Å². The Balaban J connectivity index is 1.53. The van der Waals surface area contributed by atoms with E-state index in [1.165, 1.54) is 4.68 Å². The number of hydrogen-bond acceptors (Lipinski definition) is 4. The van der Waals surface area contributed by atoms with Gasteiger partial charge in [0.1, 0.15) is 6.54 Å². The normalized spacial score (nSPS) is 13.5. The van der Waals surface area contributed by atoms with Crippen molar-refractivity contribution in [2.24, 2.45) is 0 Å². The Morgan fingerprint density at radius 1 is 1.15 bits per heavy atom. The average molecular weight is 349 g/mol. The molecule has 26 heavy (non-hydrogen) atoms. The van der Waals surface area contributed by atoms with Crippen molar-refractivity contribution in [3.05, 3.63) is 70.9 Å². The van der Waals surface area contributed by atoms with Gasteiger partial charge >= 0.3 is 5.69 Å². The van der Waals surface area contributed by atoms with Crippen molar-refractivity contribution in [1.82, 2.24) is 24.6 Å². The molecule has 3 aromatic rings. The molecule has 1 amide bonds. The van der Waals surface area contributed by atoms with Gasteiger partial charge in [-0.25, -0.2) is 9.48 Å². The number of pyridine rings is 1. The Kier molecular flexibility index (Phi) is 4.35. The number of rotatable bonds is 6. The molecular formula is C19H19N5O2. The van der Waals surface area contributed by atoms with Gasteiger partial charge in [0.05, 0.1) is 0 Å². The number of amides is 1. The van der Waals surface area contributed by atoms with Gasteiger partial charge in [0, 0.05) is 30.5 Å². The van der Waals surface area contributed by atoms with Gasteiger partial charge in [-0.1, -0.05) is 30.3 Å². The fourth-order valence-electron chi connectivity index (χ4n) is 2.87. The molecule has 2 heterocycles. The van der Waals surface area contributed by atoms with Crippen molar-refractivity contribution >= 4 is 5.91 Å². The highest BCUT2D eigenvalue weighted by molar-refractivity contribution is 5.75. The van der Waals surface area contributed by atoms with Crippen molar-refractivity contribution < 1.29 is 4.79 Å². The maximum Gasteiger partial charge on any atom is 0.346 e. The van der Waals surface area contributed by atoms with Crippen LogP contribution < -0.4 is 11.0 Å². The summed E-state index contributed by atoms with van der Waals surface area (Å²) in [6, 6.07) is 13.5. The van der Waals surface area contributed by atoms with Gasteiger partial charge in [-0.05, 0) is 30.5 Å². The van der Waals surface area contributed by atoms with Gasteiger partial charge in [-0.2, -0.15) is 0 Å². The number of carbonyl (C=O) groups is 1. The van der Waals surface area contributed by atoms with E-state index in [4.69, 9.17) is 0 Å². The summed E-state index contributed by atoms with van der Waals surface area (Å²) in [7, 11) is 0. The van der Waals surface area contributed by atoms with E-state index in [0.29, 0.717) is 12.4 Å². The Bertz CT molecular complexity index is 959. The second-order valence-corrected chi connectivity index (χ2v) is 6.37.